The lowest BCUT2D eigenvalue weighted by molar-refractivity contribution is 1.04. The van der Waals surface area contributed by atoms with E-state index >= 15 is 0 Å². The van der Waals surface area contributed by atoms with Gasteiger partial charge in [-0.25, -0.2) is 5.01 Å². The lowest BCUT2D eigenvalue weighted by Gasteiger charge is -2.22. The zero-order valence-electron chi connectivity index (χ0n) is 15.4. The SMILES string of the molecule is C=Cc1cccc(N2C=CC(=C)C(Cc3cccc(C)c3)=N2)c1.CC. The Labute approximate surface area is 151 Å². The van der Waals surface area contributed by atoms with Gasteiger partial charge in [-0.2, -0.15) is 5.10 Å². The van der Waals surface area contributed by atoms with E-state index in [1.807, 2.05) is 55.4 Å². The Bertz CT molecular complexity index is 812. The maximum atomic E-state index is 4.76. The van der Waals surface area contributed by atoms with E-state index in [9.17, 15) is 0 Å². The highest BCUT2D eigenvalue weighted by Crippen LogP contribution is 2.22. The molecule has 0 saturated carbocycles. The van der Waals surface area contributed by atoms with E-state index in [0.717, 1.165) is 29.0 Å². The molecule has 2 aromatic rings. The van der Waals surface area contributed by atoms with E-state index in [2.05, 4.69) is 50.4 Å². The van der Waals surface area contributed by atoms with Crippen LogP contribution in [0.3, 0.4) is 0 Å². The minimum absolute atomic E-state index is 0.780. The van der Waals surface area contributed by atoms with Crippen molar-refractivity contribution in [1.29, 1.82) is 0 Å². The van der Waals surface area contributed by atoms with E-state index in [4.69, 9.17) is 5.10 Å². The fourth-order valence-corrected chi connectivity index (χ4v) is 2.59. The van der Waals surface area contributed by atoms with Crippen LogP contribution in [-0.2, 0) is 6.42 Å². The third-order valence-electron chi connectivity index (χ3n) is 3.84. The van der Waals surface area contributed by atoms with E-state index < -0.39 is 0 Å². The van der Waals surface area contributed by atoms with Gasteiger partial charge in [0, 0.05) is 12.6 Å². The number of allylic oxidation sites excluding steroid dienone is 2. The van der Waals surface area contributed by atoms with Crippen molar-refractivity contribution in [1.82, 2.24) is 0 Å². The first-order valence-electron chi connectivity index (χ1n) is 8.68. The molecule has 0 spiro atoms. The summed E-state index contributed by atoms with van der Waals surface area (Å²) in [6.07, 6.45) is 6.58. The molecule has 0 aliphatic carbocycles. The molecule has 1 heterocycles. The summed E-state index contributed by atoms with van der Waals surface area (Å²) in [6, 6.07) is 16.7. The maximum Gasteiger partial charge on any atom is 0.0724 e. The number of benzene rings is 2. The van der Waals surface area contributed by atoms with Gasteiger partial charge in [0.15, 0.2) is 0 Å². The monoisotopic (exact) mass is 330 g/mol. The van der Waals surface area contributed by atoms with Crippen molar-refractivity contribution < 1.29 is 0 Å². The van der Waals surface area contributed by atoms with Crippen molar-refractivity contribution >= 4 is 17.5 Å². The highest BCUT2D eigenvalue weighted by atomic mass is 15.4. The molecule has 3 rings (SSSR count). The second-order valence-electron chi connectivity index (χ2n) is 5.70. The molecule has 2 nitrogen and oxygen atoms in total. The van der Waals surface area contributed by atoms with Gasteiger partial charge in [-0.05, 0) is 41.8 Å². The summed E-state index contributed by atoms with van der Waals surface area (Å²) in [5.41, 5.74) is 6.56. The molecule has 128 valence electrons. The van der Waals surface area contributed by atoms with E-state index in [1.165, 1.54) is 11.1 Å². The second kappa shape index (κ2) is 8.84. The summed E-state index contributed by atoms with van der Waals surface area (Å²) < 4.78 is 0. The zero-order valence-corrected chi connectivity index (χ0v) is 15.4. The van der Waals surface area contributed by atoms with Gasteiger partial charge in [0.1, 0.15) is 0 Å². The van der Waals surface area contributed by atoms with Gasteiger partial charge >= 0.3 is 0 Å². The molecule has 2 aromatic carbocycles. The van der Waals surface area contributed by atoms with Crippen molar-refractivity contribution in [2.45, 2.75) is 27.2 Å². The standard InChI is InChI=1S/C21H20N2.C2H6/c1-4-18-8-6-10-20(14-18)23-12-11-17(3)21(22-23)15-19-9-5-7-16(2)13-19;1-2/h4-14H,1,3,15H2,2H3;1-2H3. The van der Waals surface area contributed by atoms with E-state index in [1.54, 1.807) is 0 Å². The lowest BCUT2D eigenvalue weighted by atomic mass is 10.0. The van der Waals surface area contributed by atoms with Crippen molar-refractivity contribution in [3.8, 4) is 0 Å². The molecule has 1 aliphatic heterocycles. The minimum atomic E-state index is 0.780. The van der Waals surface area contributed by atoms with Gasteiger partial charge in [0.25, 0.3) is 0 Å². The fraction of sp³-hybridized carbons (Fsp3) is 0.174. The van der Waals surface area contributed by atoms with Crippen LogP contribution in [0.1, 0.15) is 30.5 Å². The Morgan fingerprint density at radius 3 is 2.56 bits per heavy atom. The van der Waals surface area contributed by atoms with Gasteiger partial charge < -0.3 is 0 Å². The van der Waals surface area contributed by atoms with Crippen LogP contribution < -0.4 is 5.01 Å². The molecular weight excluding hydrogens is 304 g/mol. The first-order chi connectivity index (χ1) is 12.2. The molecule has 0 amide bonds. The van der Waals surface area contributed by atoms with Crippen molar-refractivity contribution in [3.63, 3.8) is 0 Å². The summed E-state index contributed by atoms with van der Waals surface area (Å²) in [7, 11) is 0. The van der Waals surface area contributed by atoms with Crippen LogP contribution in [0.15, 0.2) is 84.6 Å². The molecule has 1 aliphatic rings. The smallest absolute Gasteiger partial charge is 0.0724 e. The van der Waals surface area contributed by atoms with Crippen LogP contribution in [0.2, 0.25) is 0 Å². The fourth-order valence-electron chi connectivity index (χ4n) is 2.59. The third-order valence-corrected chi connectivity index (χ3v) is 3.84. The molecule has 0 N–H and O–H groups in total. The Balaban J connectivity index is 0.00000109. The molecule has 25 heavy (non-hydrogen) atoms. The third kappa shape index (κ3) is 4.80. The number of nitrogens with zero attached hydrogens (tertiary/aromatic N) is 2. The van der Waals surface area contributed by atoms with Crippen molar-refractivity contribution in [3.05, 3.63) is 96.2 Å². The number of hydrazone groups is 1. The second-order valence-corrected chi connectivity index (χ2v) is 5.70. The summed E-state index contributed by atoms with van der Waals surface area (Å²) >= 11 is 0. The zero-order chi connectivity index (χ0) is 18.2. The molecular formula is C23H26N2. The first-order valence-corrected chi connectivity index (χ1v) is 8.68. The Morgan fingerprint density at radius 2 is 1.84 bits per heavy atom. The molecule has 0 unspecified atom stereocenters. The average Bonchev–Trinajstić information content (AvgIpc) is 2.65. The molecule has 0 saturated heterocycles. The van der Waals surface area contributed by atoms with Gasteiger partial charge in [0.05, 0.1) is 11.4 Å². The van der Waals surface area contributed by atoms with Crippen LogP contribution >= 0.6 is 0 Å². The number of hydrogen-bond donors (Lipinski definition) is 0. The Kier molecular flexibility index (Phi) is 6.53. The highest BCUT2D eigenvalue weighted by molar-refractivity contribution is 6.04. The summed E-state index contributed by atoms with van der Waals surface area (Å²) in [4.78, 5) is 0. The molecule has 0 aromatic heterocycles. The molecule has 0 radical (unpaired) electrons. The first kappa shape index (κ1) is 18.5. The van der Waals surface area contributed by atoms with E-state index in [0.29, 0.717) is 0 Å². The highest BCUT2D eigenvalue weighted by Gasteiger charge is 2.13. The minimum Gasteiger partial charge on any atom is -0.241 e. The molecule has 0 bridgehead atoms. The maximum absolute atomic E-state index is 4.76. The summed E-state index contributed by atoms with van der Waals surface area (Å²) in [5.74, 6) is 0. The van der Waals surface area contributed by atoms with E-state index in [-0.39, 0.29) is 0 Å². The topological polar surface area (TPSA) is 15.6 Å². The van der Waals surface area contributed by atoms with Gasteiger partial charge in [-0.15, -0.1) is 0 Å². The Hall–Kier alpha value is -2.87. The average molecular weight is 330 g/mol. The predicted molar refractivity (Wildman–Crippen MR) is 111 cm³/mol. The van der Waals surface area contributed by atoms with Crippen LogP contribution in [0.4, 0.5) is 5.69 Å². The van der Waals surface area contributed by atoms with Crippen LogP contribution in [0.5, 0.6) is 0 Å². The largest absolute Gasteiger partial charge is 0.241 e. The van der Waals surface area contributed by atoms with Crippen molar-refractivity contribution in [2.75, 3.05) is 5.01 Å². The molecule has 2 heteroatoms. The number of anilines is 1. The summed E-state index contributed by atoms with van der Waals surface area (Å²) in [6.45, 7) is 14.0. The van der Waals surface area contributed by atoms with Crippen LogP contribution in [0, 0.1) is 6.92 Å². The van der Waals surface area contributed by atoms with Crippen molar-refractivity contribution in [2.24, 2.45) is 5.10 Å². The number of rotatable bonds is 4. The van der Waals surface area contributed by atoms with Crippen LogP contribution in [-0.4, -0.2) is 5.71 Å². The predicted octanol–water partition coefficient (Wildman–Crippen LogP) is 6.15. The van der Waals surface area contributed by atoms with Gasteiger partial charge in [0.2, 0.25) is 0 Å². The Morgan fingerprint density at radius 1 is 1.08 bits per heavy atom. The van der Waals surface area contributed by atoms with Gasteiger partial charge in [-0.1, -0.05) is 75.0 Å². The summed E-state index contributed by atoms with van der Waals surface area (Å²) in [5, 5.41) is 6.66. The number of aryl methyl sites for hydroxylation is 1. The van der Waals surface area contributed by atoms with Crippen LogP contribution in [0.25, 0.3) is 6.08 Å². The molecule has 0 atom stereocenters. The van der Waals surface area contributed by atoms with Gasteiger partial charge in [-0.3, -0.25) is 0 Å². The quantitative estimate of drug-likeness (QED) is 0.656. The number of hydrogen-bond acceptors (Lipinski definition) is 2. The normalized spacial score (nSPS) is 13.0. The lowest BCUT2D eigenvalue weighted by Crippen LogP contribution is -2.19. The molecule has 0 fully saturated rings.